The van der Waals surface area contributed by atoms with Gasteiger partial charge in [-0.1, -0.05) is 60.3 Å². The van der Waals surface area contributed by atoms with E-state index in [4.69, 9.17) is 0 Å². The predicted molar refractivity (Wildman–Crippen MR) is 126 cm³/mol. The Morgan fingerprint density at radius 2 is 1.77 bits per heavy atom. The number of fused-ring (bicyclic) bond motifs is 3. The Kier molecular flexibility index (Phi) is 5.18. The van der Waals surface area contributed by atoms with Gasteiger partial charge < -0.3 is 9.88 Å². The first-order chi connectivity index (χ1) is 15.2. The minimum absolute atomic E-state index is 0.0883. The Balaban J connectivity index is 1.30. The molecule has 2 N–H and O–H groups in total. The molecule has 0 saturated heterocycles. The lowest BCUT2D eigenvalue weighted by molar-refractivity contribution is -0.113. The number of rotatable bonds is 6. The molecule has 0 aliphatic heterocycles. The van der Waals surface area contributed by atoms with E-state index in [2.05, 4.69) is 56.3 Å². The monoisotopic (exact) mass is 427 g/mol. The molecule has 1 amide bonds. The first kappa shape index (κ1) is 19.4. The van der Waals surface area contributed by atoms with E-state index in [1.54, 1.807) is 0 Å². The van der Waals surface area contributed by atoms with Crippen LogP contribution >= 0.6 is 11.8 Å². The topological polar surface area (TPSA) is 75.6 Å². The number of para-hydroxylation sites is 1. The van der Waals surface area contributed by atoms with Crippen LogP contribution in [-0.2, 0) is 11.3 Å². The van der Waals surface area contributed by atoms with Crippen molar-refractivity contribution in [2.45, 2.75) is 18.6 Å². The number of thioether (sulfide) groups is 1. The second kappa shape index (κ2) is 8.28. The van der Waals surface area contributed by atoms with Gasteiger partial charge in [0, 0.05) is 39.6 Å². The number of benzene rings is 3. The lowest BCUT2D eigenvalue weighted by Crippen LogP contribution is -2.14. The molecule has 0 bridgehead atoms. The van der Waals surface area contributed by atoms with Crippen molar-refractivity contribution in [2.24, 2.45) is 0 Å². The van der Waals surface area contributed by atoms with E-state index < -0.39 is 0 Å². The zero-order chi connectivity index (χ0) is 21.2. The van der Waals surface area contributed by atoms with Gasteiger partial charge in [0.2, 0.25) is 11.1 Å². The zero-order valence-electron chi connectivity index (χ0n) is 17.0. The minimum Gasteiger partial charge on any atom is -0.341 e. The Morgan fingerprint density at radius 3 is 2.61 bits per heavy atom. The number of hydrogen-bond donors (Lipinski definition) is 2. The lowest BCUT2D eigenvalue weighted by Gasteiger charge is -2.06. The third-order valence-corrected chi connectivity index (χ3v) is 6.06. The van der Waals surface area contributed by atoms with Crippen molar-refractivity contribution < 1.29 is 4.79 Å². The highest BCUT2D eigenvalue weighted by molar-refractivity contribution is 7.99. The molecule has 31 heavy (non-hydrogen) atoms. The fraction of sp³-hybridized carbons (Fsp3) is 0.125. The van der Waals surface area contributed by atoms with Gasteiger partial charge in [0.15, 0.2) is 5.82 Å². The third-order valence-electron chi connectivity index (χ3n) is 5.22. The maximum absolute atomic E-state index is 12.5. The van der Waals surface area contributed by atoms with Gasteiger partial charge in [0.05, 0.1) is 5.75 Å². The Hall–Kier alpha value is -3.58. The lowest BCUT2D eigenvalue weighted by atomic mass is 10.1. The number of aryl methyl sites for hydroxylation is 1. The fourth-order valence-corrected chi connectivity index (χ4v) is 4.43. The summed E-state index contributed by atoms with van der Waals surface area (Å²) in [6.45, 7) is 3.04. The zero-order valence-corrected chi connectivity index (χ0v) is 17.8. The van der Waals surface area contributed by atoms with Crippen molar-refractivity contribution in [1.29, 1.82) is 0 Å². The Labute approximate surface area is 183 Å². The highest BCUT2D eigenvalue weighted by Gasteiger charge is 2.12. The van der Waals surface area contributed by atoms with Crippen molar-refractivity contribution >= 4 is 45.2 Å². The second-order valence-electron chi connectivity index (χ2n) is 7.16. The third kappa shape index (κ3) is 3.80. The summed E-state index contributed by atoms with van der Waals surface area (Å²) in [5, 5.41) is 13.0. The van der Waals surface area contributed by atoms with Gasteiger partial charge in [-0.05, 0) is 31.2 Å². The average molecular weight is 428 g/mol. The standard InChI is InChI=1S/C24H21N5OS/c1-2-29-20-11-7-6-10-18(20)19-14-17(12-13-21(19)29)25-22(30)15-31-24-26-23(27-28-24)16-8-4-3-5-9-16/h3-14H,2,15H2,1H3,(H,25,30)(H,26,27,28). The van der Waals surface area contributed by atoms with Crippen LogP contribution in [0.2, 0.25) is 0 Å². The summed E-state index contributed by atoms with van der Waals surface area (Å²) in [6, 6.07) is 24.2. The molecule has 0 fully saturated rings. The van der Waals surface area contributed by atoms with Gasteiger partial charge in [-0.2, -0.15) is 0 Å². The number of nitrogens with zero attached hydrogens (tertiary/aromatic N) is 3. The number of aromatic nitrogens is 4. The fourth-order valence-electron chi connectivity index (χ4n) is 3.84. The molecule has 5 rings (SSSR count). The molecule has 7 heteroatoms. The van der Waals surface area contributed by atoms with Gasteiger partial charge >= 0.3 is 0 Å². The number of anilines is 1. The van der Waals surface area contributed by atoms with Gasteiger partial charge in [0.25, 0.3) is 0 Å². The molecule has 0 aliphatic rings. The van der Waals surface area contributed by atoms with Crippen LogP contribution in [0, 0.1) is 0 Å². The molecule has 154 valence electrons. The van der Waals surface area contributed by atoms with Gasteiger partial charge in [-0.3, -0.25) is 9.89 Å². The molecule has 3 aromatic carbocycles. The largest absolute Gasteiger partial charge is 0.341 e. The predicted octanol–water partition coefficient (Wildman–Crippen LogP) is 5.33. The van der Waals surface area contributed by atoms with Crippen molar-refractivity contribution in [3.05, 3.63) is 72.8 Å². The molecule has 0 aliphatic carbocycles. The molecule has 2 aromatic heterocycles. The maximum atomic E-state index is 12.5. The second-order valence-corrected chi connectivity index (χ2v) is 8.11. The average Bonchev–Trinajstić information content (AvgIpc) is 3.41. The summed E-state index contributed by atoms with van der Waals surface area (Å²) in [6.07, 6.45) is 0. The molecule has 0 atom stereocenters. The summed E-state index contributed by atoms with van der Waals surface area (Å²) in [7, 11) is 0. The molecule has 5 aromatic rings. The quantitative estimate of drug-likeness (QED) is 0.359. The van der Waals surface area contributed by atoms with Crippen LogP contribution < -0.4 is 5.32 Å². The van der Waals surface area contributed by atoms with Crippen molar-refractivity contribution in [3.8, 4) is 11.4 Å². The van der Waals surface area contributed by atoms with Crippen LogP contribution in [0.5, 0.6) is 0 Å². The van der Waals surface area contributed by atoms with E-state index in [1.807, 2.05) is 48.5 Å². The number of carbonyl (C=O) groups excluding carboxylic acids is 1. The molecule has 0 spiro atoms. The van der Waals surface area contributed by atoms with E-state index in [0.717, 1.165) is 23.2 Å². The van der Waals surface area contributed by atoms with Crippen molar-refractivity contribution in [3.63, 3.8) is 0 Å². The summed E-state index contributed by atoms with van der Waals surface area (Å²) in [5.74, 6) is 0.844. The molecular weight excluding hydrogens is 406 g/mol. The van der Waals surface area contributed by atoms with Crippen LogP contribution in [0.1, 0.15) is 6.92 Å². The summed E-state index contributed by atoms with van der Waals surface area (Å²) >= 11 is 1.31. The normalized spacial score (nSPS) is 11.3. The number of H-pyrrole nitrogens is 1. The number of nitrogens with one attached hydrogen (secondary N) is 2. The molecule has 2 heterocycles. The highest BCUT2D eigenvalue weighted by atomic mass is 32.2. The smallest absolute Gasteiger partial charge is 0.234 e. The summed E-state index contributed by atoms with van der Waals surface area (Å²) < 4.78 is 2.29. The van der Waals surface area contributed by atoms with E-state index in [1.165, 1.54) is 28.2 Å². The maximum Gasteiger partial charge on any atom is 0.234 e. The van der Waals surface area contributed by atoms with E-state index in [0.29, 0.717) is 11.0 Å². The van der Waals surface area contributed by atoms with E-state index in [-0.39, 0.29) is 11.7 Å². The molecular formula is C24H21N5OS. The minimum atomic E-state index is -0.0883. The highest BCUT2D eigenvalue weighted by Crippen LogP contribution is 2.31. The number of aromatic amines is 1. The van der Waals surface area contributed by atoms with Crippen molar-refractivity contribution in [2.75, 3.05) is 11.1 Å². The molecule has 0 radical (unpaired) electrons. The Bertz CT molecular complexity index is 1370. The Morgan fingerprint density at radius 1 is 1.00 bits per heavy atom. The van der Waals surface area contributed by atoms with E-state index >= 15 is 0 Å². The van der Waals surface area contributed by atoms with Crippen LogP contribution in [0.4, 0.5) is 5.69 Å². The summed E-state index contributed by atoms with van der Waals surface area (Å²) in [4.78, 5) is 17.0. The first-order valence-electron chi connectivity index (χ1n) is 10.1. The molecule has 0 unspecified atom stereocenters. The van der Waals surface area contributed by atoms with Crippen molar-refractivity contribution in [1.82, 2.24) is 19.7 Å². The number of amides is 1. The SMILES string of the molecule is CCn1c2ccccc2c2cc(NC(=O)CSc3n[nH]c(-c4ccccc4)n3)ccc21. The van der Waals surface area contributed by atoms with Crippen LogP contribution in [0.25, 0.3) is 33.2 Å². The van der Waals surface area contributed by atoms with Gasteiger partial charge in [0.1, 0.15) is 0 Å². The first-order valence-corrected chi connectivity index (χ1v) is 11.1. The van der Waals surface area contributed by atoms with Gasteiger partial charge in [-0.15, -0.1) is 5.10 Å². The molecule has 6 nitrogen and oxygen atoms in total. The number of carbonyl (C=O) groups is 1. The summed E-state index contributed by atoms with van der Waals surface area (Å²) in [5.41, 5.74) is 4.13. The van der Waals surface area contributed by atoms with Crippen LogP contribution in [-0.4, -0.2) is 31.4 Å². The van der Waals surface area contributed by atoms with Gasteiger partial charge in [-0.25, -0.2) is 4.98 Å². The number of hydrogen-bond acceptors (Lipinski definition) is 4. The van der Waals surface area contributed by atoms with Crippen LogP contribution in [0.3, 0.4) is 0 Å². The molecule has 0 saturated carbocycles. The van der Waals surface area contributed by atoms with E-state index in [9.17, 15) is 4.79 Å². The van der Waals surface area contributed by atoms with Crippen LogP contribution in [0.15, 0.2) is 78.0 Å².